The van der Waals surface area contributed by atoms with Gasteiger partial charge in [-0.15, -0.1) is 0 Å². The fraction of sp³-hybridized carbons (Fsp3) is 0.250. The Kier molecular flexibility index (Phi) is 5.73. The summed E-state index contributed by atoms with van der Waals surface area (Å²) in [5.74, 6) is -1.65. The maximum atomic E-state index is 13.3. The van der Waals surface area contributed by atoms with Crippen LogP contribution < -0.4 is 5.32 Å². The standard InChI is InChI=1S/C16H15BrClF2N/c1-2-21-16(11-4-5-13(18)12(17)9-11)8-10-3-6-14(19)15(20)7-10/h3-7,9,16,21H,2,8H2,1H3. The number of benzene rings is 2. The van der Waals surface area contributed by atoms with E-state index >= 15 is 0 Å². The van der Waals surface area contributed by atoms with Crippen LogP contribution in [0.2, 0.25) is 5.02 Å². The van der Waals surface area contributed by atoms with Crippen LogP contribution >= 0.6 is 27.5 Å². The van der Waals surface area contributed by atoms with Crippen molar-refractivity contribution in [3.8, 4) is 0 Å². The van der Waals surface area contributed by atoms with Crippen LogP contribution in [-0.2, 0) is 6.42 Å². The van der Waals surface area contributed by atoms with Gasteiger partial charge in [0.25, 0.3) is 0 Å². The van der Waals surface area contributed by atoms with Crippen molar-refractivity contribution in [2.24, 2.45) is 0 Å². The Bertz CT molecular complexity index is 634. The second-order valence-corrected chi connectivity index (χ2v) is 6.00. The van der Waals surface area contributed by atoms with Crippen molar-refractivity contribution in [1.82, 2.24) is 5.32 Å². The zero-order valence-electron chi connectivity index (χ0n) is 11.5. The van der Waals surface area contributed by atoms with Gasteiger partial charge in [0.15, 0.2) is 11.6 Å². The molecular formula is C16H15BrClF2N. The predicted molar refractivity (Wildman–Crippen MR) is 85.6 cm³/mol. The molecule has 0 aliphatic rings. The van der Waals surface area contributed by atoms with Crippen LogP contribution in [0.5, 0.6) is 0 Å². The lowest BCUT2D eigenvalue weighted by Crippen LogP contribution is -2.23. The molecule has 0 amide bonds. The van der Waals surface area contributed by atoms with Crippen molar-refractivity contribution >= 4 is 27.5 Å². The first-order valence-corrected chi connectivity index (χ1v) is 7.80. The van der Waals surface area contributed by atoms with E-state index in [0.717, 1.165) is 28.2 Å². The minimum Gasteiger partial charge on any atom is -0.310 e. The Morgan fingerprint density at radius 3 is 2.52 bits per heavy atom. The molecule has 0 saturated heterocycles. The lowest BCUT2D eigenvalue weighted by molar-refractivity contribution is 0.502. The second kappa shape index (κ2) is 7.34. The molecule has 0 saturated carbocycles. The maximum Gasteiger partial charge on any atom is 0.159 e. The highest BCUT2D eigenvalue weighted by Crippen LogP contribution is 2.28. The summed E-state index contributed by atoms with van der Waals surface area (Å²) in [6.07, 6.45) is 0.569. The monoisotopic (exact) mass is 373 g/mol. The van der Waals surface area contributed by atoms with Gasteiger partial charge in [-0.25, -0.2) is 8.78 Å². The largest absolute Gasteiger partial charge is 0.310 e. The van der Waals surface area contributed by atoms with Crippen LogP contribution in [0.15, 0.2) is 40.9 Å². The summed E-state index contributed by atoms with van der Waals surface area (Å²) in [4.78, 5) is 0. The van der Waals surface area contributed by atoms with Crippen molar-refractivity contribution in [2.45, 2.75) is 19.4 Å². The van der Waals surface area contributed by atoms with Crippen molar-refractivity contribution < 1.29 is 8.78 Å². The summed E-state index contributed by atoms with van der Waals surface area (Å²) in [5.41, 5.74) is 1.78. The van der Waals surface area contributed by atoms with Gasteiger partial charge in [-0.1, -0.05) is 30.7 Å². The topological polar surface area (TPSA) is 12.0 Å². The van der Waals surface area contributed by atoms with Crippen molar-refractivity contribution in [3.05, 3.63) is 68.7 Å². The van der Waals surface area contributed by atoms with Crippen molar-refractivity contribution in [2.75, 3.05) is 6.54 Å². The summed E-state index contributed by atoms with van der Waals surface area (Å²) in [5, 5.41) is 3.99. The summed E-state index contributed by atoms with van der Waals surface area (Å²) >= 11 is 9.40. The van der Waals surface area contributed by atoms with E-state index in [1.165, 1.54) is 6.07 Å². The lowest BCUT2D eigenvalue weighted by Gasteiger charge is -2.19. The van der Waals surface area contributed by atoms with E-state index in [4.69, 9.17) is 11.6 Å². The van der Waals surface area contributed by atoms with E-state index in [9.17, 15) is 8.78 Å². The molecule has 2 aromatic rings. The summed E-state index contributed by atoms with van der Waals surface area (Å²) in [6, 6.07) is 9.70. The highest BCUT2D eigenvalue weighted by atomic mass is 79.9. The number of nitrogens with one attached hydrogen (secondary N) is 1. The van der Waals surface area contributed by atoms with Gasteiger partial charge in [0.05, 0.1) is 5.02 Å². The molecule has 21 heavy (non-hydrogen) atoms. The number of halogens is 4. The predicted octanol–water partition coefficient (Wildman–Crippen LogP) is 5.27. The zero-order valence-corrected chi connectivity index (χ0v) is 13.8. The molecule has 0 radical (unpaired) electrons. The van der Waals surface area contributed by atoms with Gasteiger partial charge in [-0.3, -0.25) is 0 Å². The third-order valence-corrected chi connectivity index (χ3v) is 4.43. The molecule has 112 valence electrons. The highest BCUT2D eigenvalue weighted by Gasteiger charge is 2.14. The molecule has 0 bridgehead atoms. The van der Waals surface area contributed by atoms with Gasteiger partial charge in [0.2, 0.25) is 0 Å². The van der Waals surface area contributed by atoms with Crippen molar-refractivity contribution in [1.29, 1.82) is 0 Å². The molecule has 0 heterocycles. The number of rotatable bonds is 5. The van der Waals surface area contributed by atoms with Crippen molar-refractivity contribution in [3.63, 3.8) is 0 Å². The smallest absolute Gasteiger partial charge is 0.159 e. The average Bonchev–Trinajstić information content (AvgIpc) is 2.45. The van der Waals surface area contributed by atoms with Gasteiger partial charge in [0, 0.05) is 10.5 Å². The van der Waals surface area contributed by atoms with Crippen LogP contribution in [0.4, 0.5) is 8.78 Å². The first-order valence-electron chi connectivity index (χ1n) is 6.63. The van der Waals surface area contributed by atoms with Gasteiger partial charge < -0.3 is 5.32 Å². The fourth-order valence-corrected chi connectivity index (χ4v) is 2.70. The fourth-order valence-electron chi connectivity index (χ4n) is 2.19. The number of hydrogen-bond donors (Lipinski definition) is 1. The molecule has 5 heteroatoms. The van der Waals surface area contributed by atoms with E-state index in [2.05, 4.69) is 21.2 Å². The normalized spacial score (nSPS) is 12.4. The molecule has 2 rings (SSSR count). The van der Waals surface area contributed by atoms with Crippen LogP contribution in [-0.4, -0.2) is 6.54 Å². The molecule has 0 aromatic heterocycles. The van der Waals surface area contributed by atoms with Crippen LogP contribution in [0, 0.1) is 11.6 Å². The molecule has 1 atom stereocenters. The Labute approximate surface area is 136 Å². The molecule has 0 fully saturated rings. The van der Waals surface area contributed by atoms with Gasteiger partial charge in [-0.2, -0.15) is 0 Å². The maximum absolute atomic E-state index is 13.3. The third kappa shape index (κ3) is 4.25. The van der Waals surface area contributed by atoms with Crippen LogP contribution in [0.1, 0.15) is 24.1 Å². The van der Waals surface area contributed by atoms with E-state index < -0.39 is 11.6 Å². The highest BCUT2D eigenvalue weighted by molar-refractivity contribution is 9.10. The zero-order chi connectivity index (χ0) is 15.4. The molecule has 0 aliphatic heterocycles. The molecule has 1 unspecified atom stereocenters. The summed E-state index contributed by atoms with van der Waals surface area (Å²) in [6.45, 7) is 2.78. The SMILES string of the molecule is CCNC(Cc1ccc(F)c(F)c1)c1ccc(Cl)c(Br)c1. The van der Waals surface area contributed by atoms with Gasteiger partial charge >= 0.3 is 0 Å². The summed E-state index contributed by atoms with van der Waals surface area (Å²) in [7, 11) is 0. The van der Waals surface area contributed by atoms with E-state index in [1.807, 2.05) is 25.1 Å². The molecule has 1 N–H and O–H groups in total. The minimum absolute atomic E-state index is 0.00780. The first kappa shape index (κ1) is 16.4. The van der Waals surface area contributed by atoms with Crippen LogP contribution in [0.3, 0.4) is 0 Å². The Hall–Kier alpha value is -0.970. The molecular weight excluding hydrogens is 360 g/mol. The van der Waals surface area contributed by atoms with Crippen LogP contribution in [0.25, 0.3) is 0 Å². The second-order valence-electron chi connectivity index (χ2n) is 4.74. The van der Waals surface area contributed by atoms with E-state index in [0.29, 0.717) is 11.4 Å². The quantitative estimate of drug-likeness (QED) is 0.751. The number of likely N-dealkylation sites (N-methyl/N-ethyl adjacent to an activating group) is 1. The van der Waals surface area contributed by atoms with E-state index in [1.54, 1.807) is 6.07 Å². The Morgan fingerprint density at radius 2 is 1.90 bits per heavy atom. The Morgan fingerprint density at radius 1 is 1.14 bits per heavy atom. The molecule has 0 spiro atoms. The molecule has 2 aromatic carbocycles. The minimum atomic E-state index is -0.826. The van der Waals surface area contributed by atoms with E-state index in [-0.39, 0.29) is 6.04 Å². The molecule has 0 aliphatic carbocycles. The lowest BCUT2D eigenvalue weighted by atomic mass is 9.98. The van der Waals surface area contributed by atoms with Gasteiger partial charge in [-0.05, 0) is 64.3 Å². The Balaban J connectivity index is 2.25. The number of hydrogen-bond acceptors (Lipinski definition) is 1. The average molecular weight is 375 g/mol. The first-order chi connectivity index (χ1) is 10.0. The van der Waals surface area contributed by atoms with Gasteiger partial charge in [0.1, 0.15) is 0 Å². The third-order valence-electron chi connectivity index (χ3n) is 3.22. The summed E-state index contributed by atoms with van der Waals surface area (Å²) < 4.78 is 27.1. The molecule has 1 nitrogen and oxygen atoms in total.